The summed E-state index contributed by atoms with van der Waals surface area (Å²) < 4.78 is 5.23. The molecule has 2 atom stereocenters. The van der Waals surface area contributed by atoms with Crippen molar-refractivity contribution in [2.24, 2.45) is 5.92 Å². The van der Waals surface area contributed by atoms with Crippen molar-refractivity contribution < 1.29 is 9.63 Å². The predicted octanol–water partition coefficient (Wildman–Crippen LogP) is 2.17. The summed E-state index contributed by atoms with van der Waals surface area (Å²) in [6, 6.07) is 1.96. The van der Waals surface area contributed by atoms with Gasteiger partial charge in [-0.25, -0.2) is 0 Å². The van der Waals surface area contributed by atoms with Crippen LogP contribution in [0.5, 0.6) is 0 Å². The summed E-state index contributed by atoms with van der Waals surface area (Å²) in [5.74, 6) is 1.15. The lowest BCUT2D eigenvalue weighted by atomic mass is 10.0. The highest BCUT2D eigenvalue weighted by Gasteiger charge is 2.31. The molecule has 0 radical (unpaired) electrons. The zero-order valence-electron chi connectivity index (χ0n) is 12.1. The second-order valence-electron chi connectivity index (χ2n) is 5.80. The first-order chi connectivity index (χ1) is 9.04. The van der Waals surface area contributed by atoms with Gasteiger partial charge in [-0.05, 0) is 27.2 Å². The number of allylic oxidation sites excluding steroid dienone is 1. The molecule has 1 N–H and O–H groups in total. The molecular weight excluding hydrogens is 240 g/mol. The molecule has 2 heterocycles. The van der Waals surface area contributed by atoms with Crippen molar-refractivity contribution in [1.82, 2.24) is 10.1 Å². The van der Waals surface area contributed by atoms with Gasteiger partial charge in [0.25, 0.3) is 0 Å². The number of hydrogen-bond donors (Lipinski definition) is 1. The van der Waals surface area contributed by atoms with Gasteiger partial charge in [0.1, 0.15) is 5.76 Å². The maximum Gasteiger partial charge on any atom is 0.137 e. The molecule has 0 aromatic carbocycles. The molecular formula is C15H24N2O2. The molecule has 106 valence electrons. The molecule has 0 saturated carbocycles. The van der Waals surface area contributed by atoms with Crippen LogP contribution in [0.15, 0.2) is 22.2 Å². The number of aromatic nitrogens is 1. The molecule has 0 bridgehead atoms. The van der Waals surface area contributed by atoms with Crippen LogP contribution in [0, 0.1) is 12.8 Å². The lowest BCUT2D eigenvalue weighted by molar-refractivity contribution is 0.138. The number of hydrogen-bond acceptors (Lipinski definition) is 4. The van der Waals surface area contributed by atoms with Crippen LogP contribution in [0.3, 0.4) is 0 Å². The molecule has 0 aliphatic carbocycles. The van der Waals surface area contributed by atoms with Crippen LogP contribution in [0.1, 0.15) is 31.7 Å². The zero-order valence-corrected chi connectivity index (χ0v) is 12.1. The maximum absolute atomic E-state index is 10.1. The van der Waals surface area contributed by atoms with Crippen LogP contribution in [0.25, 0.3) is 0 Å². The van der Waals surface area contributed by atoms with Gasteiger partial charge in [0.15, 0.2) is 0 Å². The van der Waals surface area contributed by atoms with Gasteiger partial charge in [0.05, 0.1) is 11.8 Å². The molecule has 1 aliphatic rings. The second-order valence-corrected chi connectivity index (χ2v) is 5.80. The second kappa shape index (κ2) is 6.35. The molecule has 1 fully saturated rings. The highest BCUT2D eigenvalue weighted by atomic mass is 16.5. The minimum absolute atomic E-state index is 0.253. The van der Waals surface area contributed by atoms with Crippen LogP contribution >= 0.6 is 0 Å². The van der Waals surface area contributed by atoms with Crippen molar-refractivity contribution >= 4 is 0 Å². The monoisotopic (exact) mass is 264 g/mol. The summed E-state index contributed by atoms with van der Waals surface area (Å²) in [7, 11) is 0. The average molecular weight is 264 g/mol. The summed E-state index contributed by atoms with van der Waals surface area (Å²) in [5.41, 5.74) is 2.26. The number of likely N-dealkylation sites (tertiary alicyclic amines) is 1. The molecule has 19 heavy (non-hydrogen) atoms. The molecule has 1 aromatic heterocycles. The van der Waals surface area contributed by atoms with Crippen LogP contribution < -0.4 is 0 Å². The van der Waals surface area contributed by atoms with Crippen molar-refractivity contribution in [3.8, 4) is 0 Å². The topological polar surface area (TPSA) is 49.5 Å². The van der Waals surface area contributed by atoms with Crippen LogP contribution in [-0.2, 0) is 6.42 Å². The Bertz CT molecular complexity index is 435. The van der Waals surface area contributed by atoms with Gasteiger partial charge in [-0.1, -0.05) is 16.8 Å². The largest absolute Gasteiger partial charge is 0.391 e. The Hall–Kier alpha value is -1.13. The lowest BCUT2D eigenvalue weighted by Gasteiger charge is -2.13. The Labute approximate surface area is 115 Å². The van der Waals surface area contributed by atoms with Gasteiger partial charge in [-0.3, -0.25) is 0 Å². The number of β-amino-alcohol motifs (C(OH)–C–C–N with tert-alkyl or cyclic N) is 1. The van der Waals surface area contributed by atoms with Gasteiger partial charge in [-0.2, -0.15) is 0 Å². The number of rotatable bonds is 5. The van der Waals surface area contributed by atoms with Gasteiger partial charge in [-0.15, -0.1) is 0 Å². The summed E-state index contributed by atoms with van der Waals surface area (Å²) >= 11 is 0. The first kappa shape index (κ1) is 14.3. The molecule has 4 heteroatoms. The Balaban J connectivity index is 1.82. The Morgan fingerprint density at radius 1 is 1.53 bits per heavy atom. The van der Waals surface area contributed by atoms with Crippen molar-refractivity contribution in [1.29, 1.82) is 0 Å². The van der Waals surface area contributed by atoms with Crippen LogP contribution in [-0.4, -0.2) is 40.9 Å². The highest BCUT2D eigenvalue weighted by molar-refractivity contribution is 5.05. The molecule has 1 aromatic rings. The molecule has 0 unspecified atom stereocenters. The number of nitrogens with zero attached hydrogens (tertiary/aromatic N) is 2. The third-order valence-corrected chi connectivity index (χ3v) is 3.62. The van der Waals surface area contributed by atoms with Gasteiger partial charge in [0, 0.05) is 38.0 Å². The summed E-state index contributed by atoms with van der Waals surface area (Å²) in [5, 5.41) is 14.0. The van der Waals surface area contributed by atoms with E-state index in [0.29, 0.717) is 0 Å². The van der Waals surface area contributed by atoms with Crippen LogP contribution in [0.4, 0.5) is 0 Å². The third kappa shape index (κ3) is 4.18. The summed E-state index contributed by atoms with van der Waals surface area (Å²) in [4.78, 5) is 2.33. The Kier molecular flexibility index (Phi) is 4.77. The fourth-order valence-electron chi connectivity index (χ4n) is 2.63. The van der Waals surface area contributed by atoms with E-state index < -0.39 is 0 Å². The van der Waals surface area contributed by atoms with E-state index in [1.165, 1.54) is 5.57 Å². The molecule has 0 amide bonds. The number of aliphatic hydroxyl groups is 1. The third-order valence-electron chi connectivity index (χ3n) is 3.62. The predicted molar refractivity (Wildman–Crippen MR) is 74.9 cm³/mol. The molecule has 1 aliphatic heterocycles. The maximum atomic E-state index is 10.1. The van der Waals surface area contributed by atoms with E-state index in [0.717, 1.165) is 43.9 Å². The van der Waals surface area contributed by atoms with Gasteiger partial charge in [0.2, 0.25) is 0 Å². The standard InChI is InChI=1S/C15H24N2O2/c1-11(2)5-4-6-17-9-13(15(18)10-17)8-14-7-12(3)16-19-14/h5,7,13,15,18H,4,6,8-10H2,1-3H3/t13-,15-/m1/s1. The Morgan fingerprint density at radius 2 is 2.32 bits per heavy atom. The smallest absolute Gasteiger partial charge is 0.137 e. The van der Waals surface area contributed by atoms with Crippen LogP contribution in [0.2, 0.25) is 0 Å². The summed E-state index contributed by atoms with van der Waals surface area (Å²) in [6.45, 7) is 8.89. The first-order valence-electron chi connectivity index (χ1n) is 7.00. The lowest BCUT2D eigenvalue weighted by Crippen LogP contribution is -2.22. The van der Waals surface area contributed by atoms with E-state index in [4.69, 9.17) is 4.52 Å². The van der Waals surface area contributed by atoms with E-state index in [2.05, 4.69) is 30.0 Å². The zero-order chi connectivity index (χ0) is 13.8. The van der Waals surface area contributed by atoms with E-state index in [-0.39, 0.29) is 12.0 Å². The average Bonchev–Trinajstić information content (AvgIpc) is 2.87. The van der Waals surface area contributed by atoms with E-state index in [1.54, 1.807) is 0 Å². The van der Waals surface area contributed by atoms with E-state index in [1.807, 2.05) is 13.0 Å². The normalized spacial score (nSPS) is 23.8. The van der Waals surface area contributed by atoms with Crippen molar-refractivity contribution in [2.45, 2.75) is 39.7 Å². The SMILES string of the molecule is CC(C)=CCCN1C[C@@H](Cc2cc(C)no2)[C@H](O)C1. The molecule has 4 nitrogen and oxygen atoms in total. The van der Waals surface area contributed by atoms with Gasteiger partial charge >= 0.3 is 0 Å². The van der Waals surface area contributed by atoms with Gasteiger partial charge < -0.3 is 14.5 Å². The first-order valence-corrected chi connectivity index (χ1v) is 7.00. The van der Waals surface area contributed by atoms with E-state index in [9.17, 15) is 5.11 Å². The number of aryl methyl sites for hydroxylation is 1. The molecule has 0 spiro atoms. The minimum Gasteiger partial charge on any atom is -0.391 e. The molecule has 1 saturated heterocycles. The quantitative estimate of drug-likeness (QED) is 0.828. The molecule has 2 rings (SSSR count). The number of aliphatic hydroxyl groups excluding tert-OH is 1. The minimum atomic E-state index is -0.253. The highest BCUT2D eigenvalue weighted by Crippen LogP contribution is 2.22. The van der Waals surface area contributed by atoms with Crippen molar-refractivity contribution in [3.05, 3.63) is 29.2 Å². The van der Waals surface area contributed by atoms with E-state index >= 15 is 0 Å². The fourth-order valence-corrected chi connectivity index (χ4v) is 2.63. The van der Waals surface area contributed by atoms with Crippen molar-refractivity contribution in [3.63, 3.8) is 0 Å². The van der Waals surface area contributed by atoms with Crippen molar-refractivity contribution in [2.75, 3.05) is 19.6 Å². The summed E-state index contributed by atoms with van der Waals surface area (Å²) in [6.07, 6.45) is 3.83. The fraction of sp³-hybridized carbons (Fsp3) is 0.667. The Morgan fingerprint density at radius 3 is 2.95 bits per heavy atom.